The van der Waals surface area contributed by atoms with Crippen LogP contribution in [0.15, 0.2) is 18.2 Å². The Bertz CT molecular complexity index is 445. The molecule has 0 saturated carbocycles. The topological polar surface area (TPSA) is 50.4 Å². The van der Waals surface area contributed by atoms with Gasteiger partial charge in [0.25, 0.3) is 0 Å². The molecule has 1 amide bonds. The first-order valence-corrected chi connectivity index (χ1v) is 7.02. The predicted molar refractivity (Wildman–Crippen MR) is 76.8 cm³/mol. The molecule has 0 radical (unpaired) electrons. The molecule has 2 N–H and O–H groups in total. The number of carbonyl (C=O) groups is 1. The number of rotatable bonds is 4. The Hall–Kier alpha value is -1.26. The first-order chi connectivity index (χ1) is 9.20. The zero-order chi connectivity index (χ0) is 13.7. The lowest BCUT2D eigenvalue weighted by molar-refractivity contribution is -0.120. The third-order valence-electron chi connectivity index (χ3n) is 3.17. The number of carbonyl (C=O) groups excluding carboxylic acids is 1. The number of anilines is 1. The van der Waals surface area contributed by atoms with Crippen molar-refractivity contribution in [3.05, 3.63) is 23.2 Å². The van der Waals surface area contributed by atoms with Gasteiger partial charge in [-0.2, -0.15) is 0 Å². The average Bonchev–Trinajstić information content (AvgIpc) is 2.43. The van der Waals surface area contributed by atoms with Crippen LogP contribution in [0, 0.1) is 5.92 Å². The highest BCUT2D eigenvalue weighted by molar-refractivity contribution is 6.32. The number of nitrogens with one attached hydrogen (secondary N) is 2. The molecular formula is C14H19ClN2O2. The molecule has 1 aliphatic rings. The summed E-state index contributed by atoms with van der Waals surface area (Å²) in [5.41, 5.74) is 0.712. The molecule has 19 heavy (non-hydrogen) atoms. The van der Waals surface area contributed by atoms with E-state index in [9.17, 15) is 4.79 Å². The molecule has 2 rings (SSSR count). The molecule has 1 aliphatic heterocycles. The third kappa shape index (κ3) is 3.85. The fourth-order valence-corrected chi connectivity index (χ4v) is 2.41. The summed E-state index contributed by atoms with van der Waals surface area (Å²) in [6.07, 6.45) is 1.98. The largest absolute Gasteiger partial charge is 0.492 e. The van der Waals surface area contributed by atoms with Crippen molar-refractivity contribution < 1.29 is 9.53 Å². The number of ether oxygens (including phenoxy) is 1. The molecule has 0 aliphatic carbocycles. The van der Waals surface area contributed by atoms with Crippen LogP contribution in [0.4, 0.5) is 5.69 Å². The average molecular weight is 283 g/mol. The normalized spacial score (nSPS) is 18.9. The predicted octanol–water partition coefficient (Wildman–Crippen LogP) is 2.68. The maximum atomic E-state index is 12.1. The highest BCUT2D eigenvalue weighted by Crippen LogP contribution is 2.28. The van der Waals surface area contributed by atoms with Crippen LogP contribution in [0.2, 0.25) is 5.02 Å². The lowest BCUT2D eigenvalue weighted by Crippen LogP contribution is -2.37. The Labute approximate surface area is 118 Å². The Morgan fingerprint density at radius 3 is 3.05 bits per heavy atom. The van der Waals surface area contributed by atoms with Gasteiger partial charge in [-0.3, -0.25) is 4.79 Å². The number of hydrogen-bond donors (Lipinski definition) is 2. The maximum absolute atomic E-state index is 12.1. The van der Waals surface area contributed by atoms with Crippen molar-refractivity contribution in [1.29, 1.82) is 0 Å². The van der Waals surface area contributed by atoms with Crippen LogP contribution in [0.5, 0.6) is 5.75 Å². The van der Waals surface area contributed by atoms with Crippen LogP contribution in [0.3, 0.4) is 0 Å². The van der Waals surface area contributed by atoms with Crippen LogP contribution < -0.4 is 15.4 Å². The summed E-state index contributed by atoms with van der Waals surface area (Å²) in [5, 5.41) is 6.65. The number of hydrogen-bond acceptors (Lipinski definition) is 3. The minimum Gasteiger partial charge on any atom is -0.492 e. The molecule has 1 unspecified atom stereocenters. The molecule has 4 nitrogen and oxygen atoms in total. The van der Waals surface area contributed by atoms with Crippen molar-refractivity contribution in [3.8, 4) is 5.75 Å². The lowest BCUT2D eigenvalue weighted by Gasteiger charge is -2.22. The van der Waals surface area contributed by atoms with E-state index in [0.717, 1.165) is 25.9 Å². The van der Waals surface area contributed by atoms with Crippen LogP contribution >= 0.6 is 11.6 Å². The lowest BCUT2D eigenvalue weighted by atomic mass is 9.99. The monoisotopic (exact) mass is 282 g/mol. The first kappa shape index (κ1) is 14.2. The molecule has 1 heterocycles. The summed E-state index contributed by atoms with van der Waals surface area (Å²) in [5.74, 6) is 0.730. The van der Waals surface area contributed by atoms with Gasteiger partial charge in [0.1, 0.15) is 5.75 Å². The summed E-state index contributed by atoms with van der Waals surface area (Å²) >= 11 is 6.09. The van der Waals surface area contributed by atoms with E-state index in [-0.39, 0.29) is 11.8 Å². The number of piperidine rings is 1. The van der Waals surface area contributed by atoms with Gasteiger partial charge in [-0.15, -0.1) is 0 Å². The summed E-state index contributed by atoms with van der Waals surface area (Å²) in [6.45, 7) is 4.22. The fraction of sp³-hybridized carbons (Fsp3) is 0.500. The van der Waals surface area contributed by atoms with Crippen LogP contribution in [-0.2, 0) is 4.79 Å². The molecule has 1 saturated heterocycles. The zero-order valence-electron chi connectivity index (χ0n) is 11.0. The van der Waals surface area contributed by atoms with Gasteiger partial charge >= 0.3 is 0 Å². The van der Waals surface area contributed by atoms with Gasteiger partial charge in [-0.25, -0.2) is 0 Å². The maximum Gasteiger partial charge on any atom is 0.228 e. The Kier molecular flexibility index (Phi) is 5.05. The van der Waals surface area contributed by atoms with Gasteiger partial charge in [-0.05, 0) is 44.5 Å². The molecule has 1 atom stereocenters. The fourth-order valence-electron chi connectivity index (χ4n) is 2.17. The van der Waals surface area contributed by atoms with Crippen molar-refractivity contribution >= 4 is 23.2 Å². The van der Waals surface area contributed by atoms with Gasteiger partial charge in [0.15, 0.2) is 0 Å². The van der Waals surface area contributed by atoms with Gasteiger partial charge < -0.3 is 15.4 Å². The second-order valence-corrected chi connectivity index (χ2v) is 5.02. The molecule has 1 fully saturated rings. The molecule has 104 valence electrons. The van der Waals surface area contributed by atoms with Gasteiger partial charge in [0, 0.05) is 12.2 Å². The van der Waals surface area contributed by atoms with E-state index in [0.29, 0.717) is 23.1 Å². The van der Waals surface area contributed by atoms with Crippen molar-refractivity contribution in [1.82, 2.24) is 5.32 Å². The van der Waals surface area contributed by atoms with E-state index in [1.54, 1.807) is 12.1 Å². The molecular weight excluding hydrogens is 264 g/mol. The van der Waals surface area contributed by atoms with Crippen LogP contribution in [0.1, 0.15) is 19.8 Å². The Morgan fingerprint density at radius 1 is 1.58 bits per heavy atom. The van der Waals surface area contributed by atoms with Gasteiger partial charge in [0.2, 0.25) is 5.91 Å². The minimum absolute atomic E-state index is 0.0408. The number of benzene rings is 1. The highest BCUT2D eigenvalue weighted by atomic mass is 35.5. The van der Waals surface area contributed by atoms with E-state index < -0.39 is 0 Å². The Morgan fingerprint density at radius 2 is 2.42 bits per heavy atom. The number of amides is 1. The molecule has 1 aromatic carbocycles. The van der Waals surface area contributed by atoms with E-state index in [1.807, 2.05) is 13.0 Å². The second-order valence-electron chi connectivity index (χ2n) is 4.61. The summed E-state index contributed by atoms with van der Waals surface area (Å²) < 4.78 is 5.36. The minimum atomic E-state index is 0.0408. The highest BCUT2D eigenvalue weighted by Gasteiger charge is 2.20. The SMILES string of the molecule is CCOc1ccc(NC(=O)C2CCCNC2)cc1Cl. The number of halogens is 1. The quantitative estimate of drug-likeness (QED) is 0.893. The first-order valence-electron chi connectivity index (χ1n) is 6.64. The van der Waals surface area contributed by atoms with E-state index >= 15 is 0 Å². The summed E-state index contributed by atoms with van der Waals surface area (Å²) in [4.78, 5) is 12.1. The van der Waals surface area contributed by atoms with E-state index in [1.165, 1.54) is 0 Å². The standard InChI is InChI=1S/C14H19ClN2O2/c1-2-19-13-6-5-11(8-12(13)15)17-14(18)10-4-3-7-16-9-10/h5-6,8,10,16H,2-4,7,9H2,1H3,(H,17,18). The van der Waals surface area contributed by atoms with Crippen LogP contribution in [-0.4, -0.2) is 25.6 Å². The third-order valence-corrected chi connectivity index (χ3v) is 3.46. The van der Waals surface area contributed by atoms with E-state index in [2.05, 4.69) is 10.6 Å². The molecule has 1 aromatic rings. The second kappa shape index (κ2) is 6.78. The van der Waals surface area contributed by atoms with Crippen molar-refractivity contribution in [2.45, 2.75) is 19.8 Å². The van der Waals surface area contributed by atoms with Crippen LogP contribution in [0.25, 0.3) is 0 Å². The molecule has 0 bridgehead atoms. The van der Waals surface area contributed by atoms with Gasteiger partial charge in [0.05, 0.1) is 17.5 Å². The summed E-state index contributed by atoms with van der Waals surface area (Å²) in [7, 11) is 0. The molecule has 0 spiro atoms. The van der Waals surface area contributed by atoms with E-state index in [4.69, 9.17) is 16.3 Å². The van der Waals surface area contributed by atoms with Crippen molar-refractivity contribution in [2.24, 2.45) is 5.92 Å². The van der Waals surface area contributed by atoms with Crippen molar-refractivity contribution in [2.75, 3.05) is 25.0 Å². The smallest absolute Gasteiger partial charge is 0.228 e. The molecule has 0 aromatic heterocycles. The molecule has 5 heteroatoms. The zero-order valence-corrected chi connectivity index (χ0v) is 11.8. The van der Waals surface area contributed by atoms with Gasteiger partial charge in [-0.1, -0.05) is 11.6 Å². The Balaban J connectivity index is 1.98. The van der Waals surface area contributed by atoms with Crippen molar-refractivity contribution in [3.63, 3.8) is 0 Å². The summed E-state index contributed by atoms with van der Waals surface area (Å²) in [6, 6.07) is 5.31.